The van der Waals surface area contributed by atoms with Crippen LogP contribution in [0.4, 0.5) is 10.6 Å². The molecule has 3 rings (SSSR count). The first-order chi connectivity index (χ1) is 18.0. The molecule has 0 saturated carbocycles. The van der Waals surface area contributed by atoms with Crippen LogP contribution in [0, 0.1) is 5.41 Å². The zero-order chi connectivity index (χ0) is 27.9. The summed E-state index contributed by atoms with van der Waals surface area (Å²) in [4.78, 5) is 43.9. The first kappa shape index (κ1) is 28.9. The lowest BCUT2D eigenvalue weighted by molar-refractivity contribution is -0.129. The molecule has 38 heavy (non-hydrogen) atoms. The number of nitrogens with zero attached hydrogens (tertiary/aromatic N) is 3. The standard InChI is InChI=1S/C28H39N5O5/c1-19(34)32-14-11-22(12-15-32)31-24-16-21(10-13-29-24)26(36)30-17-23(35)18-33(27(37)38)25(28(2,3)4)20-8-6-5-7-9-20/h5-10,13,16,22-23,25,35H,11-12,14-15,17-18H2,1-4H3,(H,29,31)(H,30,36)(H,37,38)/t23?,25-/m1/s1. The zero-order valence-electron chi connectivity index (χ0n) is 22.6. The van der Waals surface area contributed by atoms with Gasteiger partial charge in [0.25, 0.3) is 5.91 Å². The number of hydrogen-bond acceptors (Lipinski definition) is 6. The van der Waals surface area contributed by atoms with Gasteiger partial charge in [0.15, 0.2) is 0 Å². The predicted octanol–water partition coefficient (Wildman–Crippen LogP) is 3.36. The summed E-state index contributed by atoms with van der Waals surface area (Å²) in [6, 6.07) is 12.2. The van der Waals surface area contributed by atoms with Crippen LogP contribution in [-0.2, 0) is 4.79 Å². The van der Waals surface area contributed by atoms with Gasteiger partial charge in [0.2, 0.25) is 5.91 Å². The molecule has 1 aliphatic rings. The Morgan fingerprint density at radius 1 is 1.13 bits per heavy atom. The van der Waals surface area contributed by atoms with Crippen molar-refractivity contribution in [1.29, 1.82) is 0 Å². The van der Waals surface area contributed by atoms with Crippen LogP contribution in [0.15, 0.2) is 48.7 Å². The van der Waals surface area contributed by atoms with Crippen molar-refractivity contribution in [3.63, 3.8) is 0 Å². The molecule has 1 aromatic carbocycles. The predicted molar refractivity (Wildman–Crippen MR) is 145 cm³/mol. The van der Waals surface area contributed by atoms with Crippen LogP contribution < -0.4 is 10.6 Å². The minimum atomic E-state index is -1.14. The maximum atomic E-state index is 12.8. The molecule has 1 unspecified atom stereocenters. The van der Waals surface area contributed by atoms with E-state index in [9.17, 15) is 24.6 Å². The molecule has 1 fully saturated rings. The number of anilines is 1. The van der Waals surface area contributed by atoms with Crippen LogP contribution >= 0.6 is 0 Å². The summed E-state index contributed by atoms with van der Waals surface area (Å²) in [6.45, 7) is 8.53. The normalized spacial score (nSPS) is 15.9. The van der Waals surface area contributed by atoms with E-state index in [1.807, 2.05) is 56.0 Å². The smallest absolute Gasteiger partial charge is 0.407 e. The second-order valence-electron chi connectivity index (χ2n) is 10.8. The van der Waals surface area contributed by atoms with Gasteiger partial charge in [0.1, 0.15) is 5.82 Å². The number of piperidine rings is 1. The number of hydrogen-bond donors (Lipinski definition) is 4. The first-order valence-electron chi connectivity index (χ1n) is 12.9. The highest BCUT2D eigenvalue weighted by Crippen LogP contribution is 2.38. The third-order valence-corrected chi connectivity index (χ3v) is 6.71. The van der Waals surface area contributed by atoms with E-state index in [0.717, 1.165) is 18.4 Å². The molecule has 1 saturated heterocycles. The number of nitrogens with one attached hydrogen (secondary N) is 2. The summed E-state index contributed by atoms with van der Waals surface area (Å²) in [7, 11) is 0. The summed E-state index contributed by atoms with van der Waals surface area (Å²) in [5.41, 5.74) is 0.788. The molecule has 206 valence electrons. The Bertz CT molecular complexity index is 1100. The van der Waals surface area contributed by atoms with Gasteiger partial charge in [0.05, 0.1) is 18.7 Å². The lowest BCUT2D eigenvalue weighted by atomic mass is 9.81. The van der Waals surface area contributed by atoms with Crippen molar-refractivity contribution in [1.82, 2.24) is 20.1 Å². The maximum Gasteiger partial charge on any atom is 0.407 e. The Morgan fingerprint density at radius 3 is 2.37 bits per heavy atom. The Morgan fingerprint density at radius 2 is 1.79 bits per heavy atom. The Hall–Kier alpha value is -3.66. The number of aliphatic hydroxyl groups is 1. The molecule has 2 aromatic rings. The van der Waals surface area contributed by atoms with E-state index in [2.05, 4.69) is 15.6 Å². The zero-order valence-corrected chi connectivity index (χ0v) is 22.6. The number of amides is 3. The Labute approximate surface area is 224 Å². The number of aliphatic hydroxyl groups excluding tert-OH is 1. The minimum absolute atomic E-state index is 0.0721. The second-order valence-corrected chi connectivity index (χ2v) is 10.8. The van der Waals surface area contributed by atoms with E-state index < -0.39 is 29.6 Å². The fourth-order valence-corrected chi connectivity index (χ4v) is 4.88. The molecule has 1 aromatic heterocycles. The lowest BCUT2D eigenvalue weighted by Gasteiger charge is -2.40. The number of aromatic nitrogens is 1. The van der Waals surface area contributed by atoms with Crippen molar-refractivity contribution in [3.05, 3.63) is 59.8 Å². The summed E-state index contributed by atoms with van der Waals surface area (Å²) in [6.07, 6.45) is 0.885. The molecule has 3 amide bonds. The molecule has 0 bridgehead atoms. The van der Waals surface area contributed by atoms with Crippen molar-refractivity contribution >= 4 is 23.7 Å². The lowest BCUT2D eigenvalue weighted by Crippen LogP contribution is -2.47. The van der Waals surface area contributed by atoms with Crippen LogP contribution in [-0.4, -0.2) is 81.2 Å². The average Bonchev–Trinajstić information content (AvgIpc) is 2.87. The number of carboxylic acid groups (broad SMARTS) is 1. The minimum Gasteiger partial charge on any atom is -0.465 e. The third kappa shape index (κ3) is 7.92. The molecule has 2 heterocycles. The van der Waals surface area contributed by atoms with Crippen LogP contribution in [0.25, 0.3) is 0 Å². The molecule has 0 radical (unpaired) electrons. The second kappa shape index (κ2) is 12.7. The van der Waals surface area contributed by atoms with E-state index in [-0.39, 0.29) is 25.0 Å². The van der Waals surface area contributed by atoms with Crippen LogP contribution in [0.5, 0.6) is 0 Å². The number of benzene rings is 1. The van der Waals surface area contributed by atoms with Crippen LogP contribution in [0.1, 0.15) is 62.5 Å². The van der Waals surface area contributed by atoms with Gasteiger partial charge in [-0.15, -0.1) is 0 Å². The highest BCUT2D eigenvalue weighted by atomic mass is 16.4. The average molecular weight is 526 g/mol. The molecule has 1 aliphatic heterocycles. The number of likely N-dealkylation sites (tertiary alicyclic amines) is 1. The van der Waals surface area contributed by atoms with Crippen molar-refractivity contribution in [2.45, 2.75) is 58.7 Å². The van der Waals surface area contributed by atoms with Gasteiger partial charge in [-0.05, 0) is 36.0 Å². The highest BCUT2D eigenvalue weighted by molar-refractivity contribution is 5.94. The van der Waals surface area contributed by atoms with Gasteiger partial charge in [-0.25, -0.2) is 9.78 Å². The number of rotatable bonds is 9. The molecule has 4 N–H and O–H groups in total. The molecule has 10 heteroatoms. The van der Waals surface area contributed by atoms with Gasteiger partial charge in [-0.1, -0.05) is 51.1 Å². The van der Waals surface area contributed by atoms with Gasteiger partial charge in [-0.3, -0.25) is 14.5 Å². The Balaban J connectivity index is 1.58. The van der Waals surface area contributed by atoms with Crippen LogP contribution in [0.2, 0.25) is 0 Å². The molecule has 0 spiro atoms. The number of carbonyl (C=O) groups excluding carboxylic acids is 2. The van der Waals surface area contributed by atoms with Crippen molar-refractivity contribution in [2.24, 2.45) is 5.41 Å². The van der Waals surface area contributed by atoms with Crippen molar-refractivity contribution in [3.8, 4) is 0 Å². The summed E-state index contributed by atoms with van der Waals surface area (Å²) in [5, 5.41) is 26.7. The fraction of sp³-hybridized carbons (Fsp3) is 0.500. The van der Waals surface area contributed by atoms with Crippen LogP contribution in [0.3, 0.4) is 0 Å². The number of carbonyl (C=O) groups is 3. The molecule has 10 nitrogen and oxygen atoms in total. The summed E-state index contributed by atoms with van der Waals surface area (Å²) in [5.74, 6) is 0.244. The fourth-order valence-electron chi connectivity index (χ4n) is 4.88. The van der Waals surface area contributed by atoms with E-state index in [0.29, 0.717) is 24.5 Å². The summed E-state index contributed by atoms with van der Waals surface area (Å²) < 4.78 is 0. The van der Waals surface area contributed by atoms with E-state index in [1.165, 1.54) is 4.90 Å². The SMILES string of the molecule is CC(=O)N1CCC(Nc2cc(C(=O)NCC(O)CN(C(=O)O)[C@H](c3ccccc3)C(C)(C)C)ccn2)CC1. The quantitative estimate of drug-likeness (QED) is 0.394. The van der Waals surface area contributed by atoms with E-state index in [4.69, 9.17) is 0 Å². The third-order valence-electron chi connectivity index (χ3n) is 6.71. The largest absolute Gasteiger partial charge is 0.465 e. The van der Waals surface area contributed by atoms with Gasteiger partial charge in [0, 0.05) is 44.4 Å². The molecule has 2 atom stereocenters. The van der Waals surface area contributed by atoms with Crippen molar-refractivity contribution < 1.29 is 24.6 Å². The molecule has 0 aliphatic carbocycles. The van der Waals surface area contributed by atoms with Crippen molar-refractivity contribution in [2.75, 3.05) is 31.5 Å². The van der Waals surface area contributed by atoms with Gasteiger partial charge in [-0.2, -0.15) is 0 Å². The molecular weight excluding hydrogens is 486 g/mol. The topological polar surface area (TPSA) is 135 Å². The van der Waals surface area contributed by atoms with E-state index in [1.54, 1.807) is 25.3 Å². The Kier molecular flexibility index (Phi) is 9.68. The first-order valence-corrected chi connectivity index (χ1v) is 12.9. The van der Waals surface area contributed by atoms with Gasteiger partial charge < -0.3 is 25.7 Å². The maximum absolute atomic E-state index is 12.8. The number of pyridine rings is 1. The highest BCUT2D eigenvalue weighted by Gasteiger charge is 2.35. The monoisotopic (exact) mass is 525 g/mol. The van der Waals surface area contributed by atoms with Gasteiger partial charge >= 0.3 is 6.09 Å². The van der Waals surface area contributed by atoms with E-state index >= 15 is 0 Å². The summed E-state index contributed by atoms with van der Waals surface area (Å²) >= 11 is 0. The molecular formula is C28H39N5O5.